The molecule has 5 nitrogen and oxygen atoms in total. The molecule has 0 atom stereocenters. The maximum Gasteiger partial charge on any atom is 0.228 e. The van der Waals surface area contributed by atoms with Crippen molar-refractivity contribution in [3.63, 3.8) is 0 Å². The number of carbonyl (C=O) groups is 1. The number of ether oxygens (including phenoxy) is 4. The lowest BCUT2D eigenvalue weighted by molar-refractivity contribution is 0.0957. The van der Waals surface area contributed by atoms with Crippen molar-refractivity contribution in [3.05, 3.63) is 59.4 Å². The molecule has 142 valence electrons. The van der Waals surface area contributed by atoms with Crippen LogP contribution >= 0.6 is 0 Å². The van der Waals surface area contributed by atoms with E-state index in [1.165, 1.54) is 7.11 Å². The maximum absolute atomic E-state index is 12.7. The Morgan fingerprint density at radius 1 is 0.750 bits per heavy atom. The third-order valence-electron chi connectivity index (χ3n) is 5.02. The Morgan fingerprint density at radius 2 is 1.43 bits per heavy atom. The summed E-state index contributed by atoms with van der Waals surface area (Å²) >= 11 is 0. The molecule has 0 bridgehead atoms. The molecule has 0 aromatic heterocycles. The van der Waals surface area contributed by atoms with Crippen LogP contribution in [0.2, 0.25) is 0 Å². The summed E-state index contributed by atoms with van der Waals surface area (Å²) < 4.78 is 21.7. The highest BCUT2D eigenvalue weighted by atomic mass is 16.5. The van der Waals surface area contributed by atoms with E-state index in [4.69, 9.17) is 18.9 Å². The largest absolute Gasteiger partial charge is 0.493 e. The molecule has 0 unspecified atom stereocenters. The van der Waals surface area contributed by atoms with Gasteiger partial charge in [-0.05, 0) is 46.4 Å². The minimum atomic E-state index is -0.109. The summed E-state index contributed by atoms with van der Waals surface area (Å²) in [5.74, 6) is 1.94. The lowest BCUT2D eigenvalue weighted by Crippen LogP contribution is -2.10. The quantitative estimate of drug-likeness (QED) is 0.645. The predicted octanol–water partition coefficient (Wildman–Crippen LogP) is 4.72. The average molecular weight is 376 g/mol. The lowest BCUT2D eigenvalue weighted by atomic mass is 9.87. The van der Waals surface area contributed by atoms with E-state index < -0.39 is 0 Å². The molecule has 0 aliphatic heterocycles. The molecular weight excluding hydrogens is 356 g/mol. The van der Waals surface area contributed by atoms with E-state index in [1.54, 1.807) is 27.4 Å². The van der Waals surface area contributed by atoms with Gasteiger partial charge in [-0.15, -0.1) is 0 Å². The number of allylic oxidation sites excluding steroid dienone is 1. The molecule has 0 amide bonds. The molecule has 3 aromatic carbocycles. The Hall–Kier alpha value is -3.47. The molecule has 5 heteroatoms. The van der Waals surface area contributed by atoms with Gasteiger partial charge < -0.3 is 18.9 Å². The topological polar surface area (TPSA) is 54.0 Å². The van der Waals surface area contributed by atoms with Crippen LogP contribution in [0.5, 0.6) is 17.2 Å². The molecule has 3 aromatic rings. The monoisotopic (exact) mass is 376 g/mol. The van der Waals surface area contributed by atoms with Crippen molar-refractivity contribution in [2.45, 2.75) is 0 Å². The van der Waals surface area contributed by atoms with E-state index >= 15 is 0 Å². The smallest absolute Gasteiger partial charge is 0.228 e. The Labute approximate surface area is 163 Å². The van der Waals surface area contributed by atoms with Gasteiger partial charge in [-0.2, -0.15) is 0 Å². The van der Waals surface area contributed by atoms with Crippen LogP contribution in [0.25, 0.3) is 28.0 Å². The first-order valence-electron chi connectivity index (χ1n) is 8.79. The number of ketones is 1. The molecular formula is C23H20O5. The van der Waals surface area contributed by atoms with Crippen LogP contribution in [0.3, 0.4) is 0 Å². The third kappa shape index (κ3) is 2.59. The third-order valence-corrected chi connectivity index (χ3v) is 5.02. The summed E-state index contributed by atoms with van der Waals surface area (Å²) in [6.45, 7) is 0. The van der Waals surface area contributed by atoms with Crippen molar-refractivity contribution in [2.75, 3.05) is 28.4 Å². The van der Waals surface area contributed by atoms with Crippen LogP contribution in [-0.2, 0) is 4.74 Å². The first kappa shape index (κ1) is 17.9. The summed E-state index contributed by atoms with van der Waals surface area (Å²) in [6.07, 6.45) is 1.79. The van der Waals surface area contributed by atoms with E-state index in [-0.39, 0.29) is 5.78 Å². The van der Waals surface area contributed by atoms with Gasteiger partial charge in [0, 0.05) is 10.9 Å². The number of benzene rings is 3. The van der Waals surface area contributed by atoms with Crippen LogP contribution in [0, 0.1) is 0 Å². The summed E-state index contributed by atoms with van der Waals surface area (Å²) in [6, 6.07) is 13.6. The highest BCUT2D eigenvalue weighted by Gasteiger charge is 2.24. The highest BCUT2D eigenvalue weighted by Crippen LogP contribution is 2.44. The number of hydrogen-bond donors (Lipinski definition) is 0. The molecule has 0 saturated heterocycles. The predicted molar refractivity (Wildman–Crippen MR) is 108 cm³/mol. The number of methoxy groups -OCH3 is 4. The number of Topliss-reactive ketones (excluding diaryl/α,β-unsaturated/α-hetero) is 1. The van der Waals surface area contributed by atoms with Crippen molar-refractivity contribution >= 4 is 22.6 Å². The molecule has 0 radical (unpaired) electrons. The molecule has 0 spiro atoms. The SMILES string of the molecule is COC1=Cc2cccc3c(-c4cc(OC)c(OC)c(OC)c4)ccc(c23)C1=O. The summed E-state index contributed by atoms with van der Waals surface area (Å²) in [7, 11) is 6.27. The van der Waals surface area contributed by atoms with Gasteiger partial charge in [-0.1, -0.05) is 24.3 Å². The van der Waals surface area contributed by atoms with Gasteiger partial charge in [0.25, 0.3) is 0 Å². The highest BCUT2D eigenvalue weighted by molar-refractivity contribution is 6.23. The fourth-order valence-corrected chi connectivity index (χ4v) is 3.72. The van der Waals surface area contributed by atoms with Crippen LogP contribution in [-0.4, -0.2) is 34.2 Å². The molecule has 4 rings (SSSR count). The van der Waals surface area contributed by atoms with Gasteiger partial charge in [0.1, 0.15) is 0 Å². The summed E-state index contributed by atoms with van der Waals surface area (Å²) in [5, 5.41) is 1.89. The van der Waals surface area contributed by atoms with E-state index in [0.29, 0.717) is 28.6 Å². The lowest BCUT2D eigenvalue weighted by Gasteiger charge is -2.19. The Bertz CT molecular complexity index is 1100. The van der Waals surface area contributed by atoms with Crippen molar-refractivity contribution in [2.24, 2.45) is 0 Å². The molecule has 1 aliphatic carbocycles. The minimum absolute atomic E-state index is 0.109. The molecule has 0 fully saturated rings. The van der Waals surface area contributed by atoms with Gasteiger partial charge in [-0.25, -0.2) is 0 Å². The second-order valence-electron chi connectivity index (χ2n) is 6.39. The zero-order chi connectivity index (χ0) is 19.8. The number of rotatable bonds is 5. The van der Waals surface area contributed by atoms with Crippen molar-refractivity contribution in [1.82, 2.24) is 0 Å². The first-order chi connectivity index (χ1) is 13.6. The van der Waals surface area contributed by atoms with Crippen molar-refractivity contribution in [3.8, 4) is 28.4 Å². The Morgan fingerprint density at radius 3 is 2.04 bits per heavy atom. The molecule has 1 aliphatic rings. The van der Waals surface area contributed by atoms with Gasteiger partial charge in [0.05, 0.1) is 28.4 Å². The average Bonchev–Trinajstić information content (AvgIpc) is 2.74. The fraction of sp³-hybridized carbons (Fsp3) is 0.174. The van der Waals surface area contributed by atoms with Crippen molar-refractivity contribution in [1.29, 1.82) is 0 Å². The van der Waals surface area contributed by atoms with E-state index in [2.05, 4.69) is 0 Å². The van der Waals surface area contributed by atoms with Crippen LogP contribution < -0.4 is 14.2 Å². The van der Waals surface area contributed by atoms with Gasteiger partial charge in [0.15, 0.2) is 17.3 Å². The Balaban J connectivity index is 2.01. The molecule has 0 saturated carbocycles. The van der Waals surface area contributed by atoms with E-state index in [0.717, 1.165) is 27.5 Å². The van der Waals surface area contributed by atoms with E-state index in [1.807, 2.05) is 42.5 Å². The fourth-order valence-electron chi connectivity index (χ4n) is 3.72. The second-order valence-corrected chi connectivity index (χ2v) is 6.39. The Kier molecular flexibility index (Phi) is 4.43. The van der Waals surface area contributed by atoms with Gasteiger partial charge >= 0.3 is 0 Å². The standard InChI is InChI=1S/C23H20O5/c1-25-18-10-13-6-5-7-16-15(8-9-17(21(13)16)22(18)24)14-11-19(26-2)23(28-4)20(12-14)27-3/h5-12H,1-4H3. The zero-order valence-electron chi connectivity index (χ0n) is 16.2. The minimum Gasteiger partial charge on any atom is -0.493 e. The molecule has 28 heavy (non-hydrogen) atoms. The first-order valence-corrected chi connectivity index (χ1v) is 8.79. The zero-order valence-corrected chi connectivity index (χ0v) is 16.2. The van der Waals surface area contributed by atoms with Gasteiger partial charge in [-0.3, -0.25) is 4.79 Å². The second kappa shape index (κ2) is 6.93. The summed E-state index contributed by atoms with van der Waals surface area (Å²) in [5.41, 5.74) is 3.48. The maximum atomic E-state index is 12.7. The summed E-state index contributed by atoms with van der Waals surface area (Å²) in [4.78, 5) is 12.7. The van der Waals surface area contributed by atoms with Crippen LogP contribution in [0.4, 0.5) is 0 Å². The number of carbonyl (C=O) groups excluding carboxylic acids is 1. The van der Waals surface area contributed by atoms with Crippen LogP contribution in [0.1, 0.15) is 15.9 Å². The normalized spacial score (nSPS) is 12.6. The van der Waals surface area contributed by atoms with Gasteiger partial charge in [0.2, 0.25) is 11.5 Å². The number of hydrogen-bond acceptors (Lipinski definition) is 5. The van der Waals surface area contributed by atoms with E-state index in [9.17, 15) is 4.79 Å². The van der Waals surface area contributed by atoms with Crippen molar-refractivity contribution < 1.29 is 23.7 Å². The molecule has 0 heterocycles. The molecule has 0 N–H and O–H groups in total. The van der Waals surface area contributed by atoms with Crippen LogP contribution in [0.15, 0.2) is 48.2 Å².